The predicted molar refractivity (Wildman–Crippen MR) is 156 cm³/mol. The number of benzene rings is 3. The number of anilines is 1. The van der Waals surface area contributed by atoms with Crippen LogP contribution in [0.2, 0.25) is 0 Å². The molecule has 2 heterocycles. The molecule has 41 heavy (non-hydrogen) atoms. The molecule has 2 N–H and O–H groups in total. The van der Waals surface area contributed by atoms with Crippen LogP contribution in [0.15, 0.2) is 90.0 Å². The second kappa shape index (κ2) is 11.9. The van der Waals surface area contributed by atoms with Crippen molar-refractivity contribution in [3.8, 4) is 5.75 Å². The number of amides is 3. The molecule has 1 unspecified atom stereocenters. The van der Waals surface area contributed by atoms with E-state index in [4.69, 9.17) is 4.74 Å². The van der Waals surface area contributed by atoms with Gasteiger partial charge in [0, 0.05) is 43.4 Å². The molecular weight excluding hydrogens is 542 g/mol. The van der Waals surface area contributed by atoms with Gasteiger partial charge in [-0.3, -0.25) is 9.78 Å². The van der Waals surface area contributed by atoms with Gasteiger partial charge >= 0.3 is 6.03 Å². The highest BCUT2D eigenvalue weighted by molar-refractivity contribution is 7.89. The number of fused-ring (bicyclic) bond motifs is 1. The summed E-state index contributed by atoms with van der Waals surface area (Å²) in [5.41, 5.74) is 2.77. The van der Waals surface area contributed by atoms with Gasteiger partial charge in [0.1, 0.15) is 16.7 Å². The average Bonchev–Trinajstić information content (AvgIpc) is 3.00. The van der Waals surface area contributed by atoms with Crippen LogP contribution in [0.5, 0.6) is 5.75 Å². The Morgan fingerprint density at radius 3 is 2.54 bits per heavy atom. The lowest BCUT2D eigenvalue weighted by Gasteiger charge is -2.39. The fourth-order valence-corrected chi connectivity index (χ4v) is 6.53. The maximum Gasteiger partial charge on any atom is 0.321 e. The van der Waals surface area contributed by atoms with Gasteiger partial charge in [0.15, 0.2) is 0 Å². The Hall–Kier alpha value is -4.48. The van der Waals surface area contributed by atoms with Crippen LogP contribution in [0.4, 0.5) is 10.5 Å². The molecule has 10 nitrogen and oxygen atoms in total. The SMILES string of the molecule is COc1cccc(CNC(=O)C2CN(C(=O)Nc3ccc(C)cc3)CCN2S(=O)(=O)c2cccc3cccnc23)c1. The van der Waals surface area contributed by atoms with Gasteiger partial charge in [0.25, 0.3) is 0 Å². The lowest BCUT2D eigenvalue weighted by Crippen LogP contribution is -2.61. The minimum atomic E-state index is -4.16. The second-order valence-corrected chi connectivity index (χ2v) is 11.6. The van der Waals surface area contributed by atoms with Gasteiger partial charge in [-0.2, -0.15) is 4.31 Å². The van der Waals surface area contributed by atoms with E-state index in [-0.39, 0.29) is 31.1 Å². The third-order valence-corrected chi connectivity index (χ3v) is 8.95. The van der Waals surface area contributed by atoms with E-state index in [1.807, 2.05) is 31.2 Å². The zero-order valence-electron chi connectivity index (χ0n) is 22.8. The Kier molecular flexibility index (Phi) is 8.18. The number of carbonyl (C=O) groups is 2. The topological polar surface area (TPSA) is 121 Å². The Labute approximate surface area is 239 Å². The fourth-order valence-electron chi connectivity index (χ4n) is 4.79. The molecule has 0 bridgehead atoms. The number of hydrogen-bond donors (Lipinski definition) is 2. The average molecular weight is 574 g/mol. The highest BCUT2D eigenvalue weighted by atomic mass is 32.2. The van der Waals surface area contributed by atoms with Gasteiger partial charge in [-0.05, 0) is 48.9 Å². The number of para-hydroxylation sites is 1. The number of sulfonamides is 1. The summed E-state index contributed by atoms with van der Waals surface area (Å²) in [4.78, 5) is 32.6. The Bertz CT molecular complexity index is 1670. The molecule has 4 aromatic rings. The quantitative estimate of drug-likeness (QED) is 0.347. The minimum absolute atomic E-state index is 0.0127. The molecular formula is C30H31N5O5S. The van der Waals surface area contributed by atoms with E-state index in [1.165, 1.54) is 21.5 Å². The zero-order chi connectivity index (χ0) is 29.0. The Morgan fingerprint density at radius 1 is 1.00 bits per heavy atom. The first-order chi connectivity index (χ1) is 19.8. The van der Waals surface area contributed by atoms with Crippen molar-refractivity contribution in [2.24, 2.45) is 0 Å². The van der Waals surface area contributed by atoms with E-state index >= 15 is 0 Å². The number of hydrogen-bond acceptors (Lipinski definition) is 6. The fraction of sp³-hybridized carbons (Fsp3) is 0.233. The van der Waals surface area contributed by atoms with Crippen molar-refractivity contribution in [2.45, 2.75) is 24.4 Å². The number of carbonyl (C=O) groups excluding carboxylic acids is 2. The van der Waals surface area contributed by atoms with Crippen LogP contribution in [0.3, 0.4) is 0 Å². The molecule has 0 spiro atoms. The molecule has 1 aromatic heterocycles. The summed E-state index contributed by atoms with van der Waals surface area (Å²) in [6, 6.07) is 21.4. The number of nitrogens with one attached hydrogen (secondary N) is 2. The van der Waals surface area contributed by atoms with Gasteiger partial charge in [0.05, 0.1) is 12.6 Å². The summed E-state index contributed by atoms with van der Waals surface area (Å²) in [5.74, 6) is 0.124. The van der Waals surface area contributed by atoms with Gasteiger partial charge in [0.2, 0.25) is 15.9 Å². The molecule has 5 rings (SSSR count). The first-order valence-corrected chi connectivity index (χ1v) is 14.6. The summed E-state index contributed by atoms with van der Waals surface area (Å²) < 4.78 is 34.5. The molecule has 1 saturated heterocycles. The molecule has 0 aliphatic carbocycles. The Balaban J connectivity index is 1.42. The lowest BCUT2D eigenvalue weighted by molar-refractivity contribution is -0.126. The number of urea groups is 1. The van der Waals surface area contributed by atoms with Crippen LogP contribution >= 0.6 is 0 Å². The van der Waals surface area contributed by atoms with Gasteiger partial charge < -0.3 is 20.3 Å². The highest BCUT2D eigenvalue weighted by Gasteiger charge is 2.42. The van der Waals surface area contributed by atoms with Crippen LogP contribution in [-0.4, -0.2) is 67.3 Å². The zero-order valence-corrected chi connectivity index (χ0v) is 23.6. The van der Waals surface area contributed by atoms with Crippen molar-refractivity contribution in [1.29, 1.82) is 0 Å². The van der Waals surface area contributed by atoms with E-state index in [0.717, 1.165) is 11.1 Å². The van der Waals surface area contributed by atoms with Crippen LogP contribution in [0, 0.1) is 6.92 Å². The lowest BCUT2D eigenvalue weighted by atomic mass is 10.1. The van der Waals surface area contributed by atoms with E-state index in [1.54, 1.807) is 55.6 Å². The number of nitrogens with zero attached hydrogens (tertiary/aromatic N) is 3. The molecule has 1 aliphatic rings. The molecule has 11 heteroatoms. The smallest absolute Gasteiger partial charge is 0.321 e. The molecule has 3 aromatic carbocycles. The molecule has 1 fully saturated rings. The highest BCUT2D eigenvalue weighted by Crippen LogP contribution is 2.27. The summed E-state index contributed by atoms with van der Waals surface area (Å²) in [6.45, 7) is 2.02. The number of piperazine rings is 1. The molecule has 1 atom stereocenters. The maximum atomic E-state index is 14.0. The van der Waals surface area contributed by atoms with Gasteiger partial charge in [-0.25, -0.2) is 13.2 Å². The van der Waals surface area contributed by atoms with Crippen molar-refractivity contribution in [1.82, 2.24) is 19.5 Å². The van der Waals surface area contributed by atoms with E-state index in [2.05, 4.69) is 15.6 Å². The third-order valence-electron chi connectivity index (χ3n) is 7.01. The monoisotopic (exact) mass is 573 g/mol. The minimum Gasteiger partial charge on any atom is -0.497 e. The number of ether oxygens (including phenoxy) is 1. The first kappa shape index (κ1) is 28.1. The number of aromatic nitrogens is 1. The first-order valence-electron chi connectivity index (χ1n) is 13.1. The normalized spacial score (nSPS) is 15.9. The predicted octanol–water partition coefficient (Wildman–Crippen LogP) is 3.78. The standard InChI is InChI=1S/C30H31N5O5S/c1-21-11-13-24(14-12-21)33-30(37)34-16-17-35(41(38,39)27-10-4-7-23-8-5-15-31-28(23)27)26(20-34)29(36)32-19-22-6-3-9-25(18-22)40-2/h3-15,18,26H,16-17,19-20H2,1-2H3,(H,32,36)(H,33,37). The maximum absolute atomic E-state index is 14.0. The summed E-state index contributed by atoms with van der Waals surface area (Å²) in [5, 5.41) is 6.36. The van der Waals surface area contributed by atoms with Crippen LogP contribution in [0.25, 0.3) is 10.9 Å². The number of rotatable bonds is 7. The van der Waals surface area contributed by atoms with Crippen molar-refractivity contribution >= 4 is 38.6 Å². The summed E-state index contributed by atoms with van der Waals surface area (Å²) in [6.07, 6.45) is 1.53. The molecule has 0 saturated carbocycles. The molecule has 0 radical (unpaired) electrons. The molecule has 212 valence electrons. The van der Waals surface area contributed by atoms with Crippen LogP contribution < -0.4 is 15.4 Å². The van der Waals surface area contributed by atoms with Gasteiger partial charge in [-0.1, -0.05) is 48.0 Å². The number of pyridine rings is 1. The van der Waals surface area contributed by atoms with E-state index < -0.39 is 28.0 Å². The third kappa shape index (κ3) is 6.16. The number of aryl methyl sites for hydroxylation is 1. The largest absolute Gasteiger partial charge is 0.497 e. The molecule has 1 aliphatic heterocycles. The van der Waals surface area contributed by atoms with E-state index in [0.29, 0.717) is 22.3 Å². The van der Waals surface area contributed by atoms with Gasteiger partial charge in [-0.15, -0.1) is 0 Å². The second-order valence-electron chi connectivity index (χ2n) is 9.77. The van der Waals surface area contributed by atoms with Crippen molar-refractivity contribution in [2.75, 3.05) is 32.1 Å². The Morgan fingerprint density at radius 2 is 1.76 bits per heavy atom. The number of methoxy groups -OCH3 is 1. The van der Waals surface area contributed by atoms with Crippen LogP contribution in [-0.2, 0) is 21.4 Å². The molecule has 3 amide bonds. The van der Waals surface area contributed by atoms with Crippen molar-refractivity contribution < 1.29 is 22.7 Å². The summed E-state index contributed by atoms with van der Waals surface area (Å²) >= 11 is 0. The summed E-state index contributed by atoms with van der Waals surface area (Å²) in [7, 11) is -2.60. The van der Waals surface area contributed by atoms with Crippen LogP contribution in [0.1, 0.15) is 11.1 Å². The van der Waals surface area contributed by atoms with Crippen molar-refractivity contribution in [3.05, 3.63) is 96.2 Å². The van der Waals surface area contributed by atoms with Crippen molar-refractivity contribution in [3.63, 3.8) is 0 Å². The van der Waals surface area contributed by atoms with E-state index in [9.17, 15) is 18.0 Å².